The van der Waals surface area contributed by atoms with Gasteiger partial charge in [-0.1, -0.05) is 0 Å². The van der Waals surface area contributed by atoms with E-state index in [1.807, 2.05) is 0 Å². The lowest BCUT2D eigenvalue weighted by atomic mass is 9.78. The average molecular weight is 331 g/mol. The van der Waals surface area contributed by atoms with Gasteiger partial charge in [-0.3, -0.25) is 4.90 Å². The zero-order valence-corrected chi connectivity index (χ0v) is 13.7. The van der Waals surface area contributed by atoms with Crippen molar-refractivity contribution in [3.05, 3.63) is 23.3 Å². The van der Waals surface area contributed by atoms with Crippen LogP contribution in [0.4, 0.5) is 0 Å². The lowest BCUT2D eigenvalue weighted by Gasteiger charge is -2.39. The van der Waals surface area contributed by atoms with Gasteiger partial charge >= 0.3 is 0 Å². The predicted molar refractivity (Wildman–Crippen MR) is 83.0 cm³/mol. The molecule has 0 radical (unpaired) electrons. The Morgan fingerprint density at radius 3 is 2.83 bits per heavy atom. The molecule has 1 aromatic rings. The molecule has 0 unspecified atom stereocenters. The highest BCUT2D eigenvalue weighted by Gasteiger charge is 2.70. The van der Waals surface area contributed by atoms with Crippen LogP contribution in [0.1, 0.15) is 42.4 Å². The van der Waals surface area contributed by atoms with Crippen molar-refractivity contribution in [2.24, 2.45) is 0 Å². The van der Waals surface area contributed by atoms with E-state index in [1.165, 1.54) is 0 Å². The molecule has 128 valence electrons. The minimum atomic E-state index is -0.917. The lowest BCUT2D eigenvalue weighted by molar-refractivity contribution is -0.277. The van der Waals surface area contributed by atoms with Crippen LogP contribution in [0.5, 0.6) is 11.5 Å². The minimum absolute atomic E-state index is 0.0167. The topological polar surface area (TPSA) is 60.4 Å². The second-order valence-electron chi connectivity index (χ2n) is 7.71. The Hall–Kier alpha value is -1.34. The molecule has 1 saturated carbocycles. The van der Waals surface area contributed by atoms with Crippen molar-refractivity contribution >= 4 is 0 Å². The molecule has 24 heavy (non-hydrogen) atoms. The number of aliphatic hydroxyl groups excluding tert-OH is 1. The number of aliphatic hydroxyl groups is 1. The normalized spacial score (nSPS) is 44.5. The van der Waals surface area contributed by atoms with Crippen molar-refractivity contribution in [1.29, 1.82) is 0 Å². The van der Waals surface area contributed by atoms with Crippen LogP contribution in [-0.2, 0) is 9.47 Å². The highest BCUT2D eigenvalue weighted by atomic mass is 16.7. The average Bonchev–Trinajstić information content (AvgIpc) is 3.19. The third kappa shape index (κ3) is 1.39. The smallest absolute Gasteiger partial charge is 0.231 e. The van der Waals surface area contributed by atoms with E-state index >= 15 is 0 Å². The summed E-state index contributed by atoms with van der Waals surface area (Å²) in [6, 6.07) is 4.12. The number of ether oxygens (including phenoxy) is 4. The molecule has 0 amide bonds. The lowest BCUT2D eigenvalue weighted by Crippen LogP contribution is -2.47. The van der Waals surface area contributed by atoms with Gasteiger partial charge in [-0.2, -0.15) is 0 Å². The molecule has 5 aliphatic heterocycles. The van der Waals surface area contributed by atoms with Crippen molar-refractivity contribution in [2.75, 3.05) is 27.0 Å². The monoisotopic (exact) mass is 331 g/mol. The Kier molecular flexibility index (Phi) is 2.46. The summed E-state index contributed by atoms with van der Waals surface area (Å²) in [5, 5.41) is 11.2. The number of hydrogen-bond acceptors (Lipinski definition) is 6. The summed E-state index contributed by atoms with van der Waals surface area (Å²) in [5.74, 6) is 0.617. The number of methoxy groups -OCH3 is 1. The molecule has 1 N–H and O–H groups in total. The molecule has 0 aromatic heterocycles. The first-order valence-electron chi connectivity index (χ1n) is 8.76. The van der Waals surface area contributed by atoms with E-state index < -0.39 is 11.9 Å². The SMILES string of the molecule is CO[C@]12C[C@@]34CCCN3C[C@H](O1)c1cc3c(cc1[C@@H]4[C@@H]2O)OCO3. The van der Waals surface area contributed by atoms with E-state index in [4.69, 9.17) is 18.9 Å². The molecule has 6 aliphatic rings. The van der Waals surface area contributed by atoms with Gasteiger partial charge in [-0.25, -0.2) is 0 Å². The molecule has 5 atom stereocenters. The van der Waals surface area contributed by atoms with Gasteiger partial charge in [-0.05, 0) is 42.6 Å². The Bertz CT molecular complexity index is 738. The zero-order chi connectivity index (χ0) is 16.1. The standard InChI is InChI=1S/C18H21NO5/c1-21-18-8-17-3-2-4-19(17)7-14(24-18)10-5-12-13(23-9-22-12)6-11(10)15(17)16(18)20/h5-6,14-16,20H,2-4,7-9H2,1H3/t14-,15+,16-,17+,18+/m0/s1. The Morgan fingerprint density at radius 2 is 2.04 bits per heavy atom. The first kappa shape index (κ1) is 13.9. The maximum Gasteiger partial charge on any atom is 0.231 e. The van der Waals surface area contributed by atoms with Gasteiger partial charge in [0.2, 0.25) is 6.79 Å². The quantitative estimate of drug-likeness (QED) is 0.842. The third-order valence-electron chi connectivity index (χ3n) is 6.90. The maximum absolute atomic E-state index is 11.2. The largest absolute Gasteiger partial charge is 0.454 e. The summed E-state index contributed by atoms with van der Waals surface area (Å²) in [4.78, 5) is 2.53. The van der Waals surface area contributed by atoms with Crippen molar-refractivity contribution in [3.63, 3.8) is 0 Å². The zero-order valence-electron chi connectivity index (χ0n) is 13.7. The molecule has 6 heteroatoms. The van der Waals surface area contributed by atoms with Gasteiger partial charge in [0.05, 0.1) is 6.10 Å². The summed E-state index contributed by atoms with van der Waals surface area (Å²) >= 11 is 0. The number of fused-ring (bicyclic) bond motifs is 1. The first-order valence-corrected chi connectivity index (χ1v) is 8.76. The van der Waals surface area contributed by atoms with Gasteiger partial charge < -0.3 is 24.1 Å². The van der Waals surface area contributed by atoms with E-state index in [9.17, 15) is 5.11 Å². The summed E-state index contributed by atoms with van der Waals surface area (Å²) < 4.78 is 23.5. The van der Waals surface area contributed by atoms with E-state index in [0.717, 1.165) is 55.0 Å². The Morgan fingerprint density at radius 1 is 1.25 bits per heavy atom. The van der Waals surface area contributed by atoms with Gasteiger partial charge in [0.25, 0.3) is 0 Å². The number of nitrogens with zero attached hydrogens (tertiary/aromatic N) is 1. The second kappa shape index (κ2) is 4.25. The van der Waals surface area contributed by atoms with Crippen LogP contribution in [-0.4, -0.2) is 54.4 Å². The molecule has 1 spiro atoms. The molecule has 1 aromatic carbocycles. The van der Waals surface area contributed by atoms with Crippen LogP contribution in [0.3, 0.4) is 0 Å². The van der Waals surface area contributed by atoms with Crippen LogP contribution in [0.2, 0.25) is 0 Å². The van der Waals surface area contributed by atoms with E-state index in [1.54, 1.807) is 7.11 Å². The molecule has 7 rings (SSSR count). The summed E-state index contributed by atoms with van der Waals surface area (Å²) in [7, 11) is 1.66. The fourth-order valence-corrected chi connectivity index (χ4v) is 5.94. The van der Waals surface area contributed by atoms with Gasteiger partial charge in [0.15, 0.2) is 17.3 Å². The highest BCUT2D eigenvalue weighted by Crippen LogP contribution is 2.64. The van der Waals surface area contributed by atoms with Gasteiger partial charge in [-0.15, -0.1) is 0 Å². The van der Waals surface area contributed by atoms with Crippen molar-refractivity contribution in [2.45, 2.75) is 48.7 Å². The second-order valence-corrected chi connectivity index (χ2v) is 7.71. The highest BCUT2D eigenvalue weighted by molar-refractivity contribution is 5.54. The molecule has 4 bridgehead atoms. The van der Waals surface area contributed by atoms with Gasteiger partial charge in [0, 0.05) is 31.5 Å². The summed E-state index contributed by atoms with van der Waals surface area (Å²) in [6.07, 6.45) is 2.18. The molecule has 5 heterocycles. The van der Waals surface area contributed by atoms with Crippen LogP contribution in [0.15, 0.2) is 12.1 Å². The van der Waals surface area contributed by atoms with Crippen molar-refractivity contribution < 1.29 is 24.1 Å². The molecule has 3 fully saturated rings. The van der Waals surface area contributed by atoms with Gasteiger partial charge in [0.1, 0.15) is 6.10 Å². The van der Waals surface area contributed by atoms with Crippen molar-refractivity contribution in [1.82, 2.24) is 4.90 Å². The fourth-order valence-electron chi connectivity index (χ4n) is 5.94. The van der Waals surface area contributed by atoms with Crippen LogP contribution < -0.4 is 9.47 Å². The number of rotatable bonds is 1. The minimum Gasteiger partial charge on any atom is -0.454 e. The molecule has 1 aliphatic carbocycles. The van der Waals surface area contributed by atoms with E-state index in [-0.39, 0.29) is 24.4 Å². The summed E-state index contributed by atoms with van der Waals surface area (Å²) in [5.41, 5.74) is 2.19. The number of hydrogen-bond donors (Lipinski definition) is 1. The van der Waals surface area contributed by atoms with Crippen LogP contribution in [0.25, 0.3) is 0 Å². The van der Waals surface area contributed by atoms with E-state index in [0.29, 0.717) is 0 Å². The number of benzene rings is 1. The molecule has 2 saturated heterocycles. The Balaban J connectivity index is 1.64. The van der Waals surface area contributed by atoms with Crippen LogP contribution in [0, 0.1) is 0 Å². The predicted octanol–water partition coefficient (Wildman–Crippen LogP) is 1.53. The summed E-state index contributed by atoms with van der Waals surface area (Å²) in [6.45, 7) is 2.17. The third-order valence-corrected chi connectivity index (χ3v) is 6.90. The molecule has 6 nitrogen and oxygen atoms in total. The van der Waals surface area contributed by atoms with E-state index in [2.05, 4.69) is 17.0 Å². The maximum atomic E-state index is 11.2. The van der Waals surface area contributed by atoms with Crippen LogP contribution >= 0.6 is 0 Å². The van der Waals surface area contributed by atoms with Crippen molar-refractivity contribution in [3.8, 4) is 11.5 Å². The molecular formula is C18H21NO5. The first-order chi connectivity index (χ1) is 11.7. The fraction of sp³-hybridized carbons (Fsp3) is 0.667. The Labute approximate surface area is 140 Å². The molecular weight excluding hydrogens is 310 g/mol.